The molecule has 0 aliphatic heterocycles. The molecule has 0 saturated carbocycles. The third-order valence-corrected chi connectivity index (χ3v) is 4.12. The minimum absolute atomic E-state index is 0.210. The Hall–Kier alpha value is -0.260. The second-order valence-corrected chi connectivity index (χ2v) is 7.28. The van der Waals surface area contributed by atoms with Gasteiger partial charge < -0.3 is 5.73 Å². The molecule has 0 aromatic rings. The minimum Gasteiger partial charge on any atom is -0.329 e. The van der Waals surface area contributed by atoms with E-state index in [0.29, 0.717) is 0 Å². The molecule has 5 N–H and O–H groups in total. The van der Waals surface area contributed by atoms with Gasteiger partial charge in [-0.25, -0.2) is 0 Å². The van der Waals surface area contributed by atoms with Crippen LogP contribution >= 0.6 is 0 Å². The summed E-state index contributed by atoms with van der Waals surface area (Å²) in [6.07, 6.45) is 0. The van der Waals surface area contributed by atoms with Crippen molar-refractivity contribution in [1.82, 2.24) is 5.32 Å². The van der Waals surface area contributed by atoms with E-state index in [1.165, 1.54) is 0 Å². The Balaban J connectivity index is 4.82. The van der Waals surface area contributed by atoms with Gasteiger partial charge in [0.05, 0.1) is 5.75 Å². The summed E-state index contributed by atoms with van der Waals surface area (Å²) in [4.78, 5) is -1.75. The van der Waals surface area contributed by atoms with Gasteiger partial charge in [-0.1, -0.05) is 0 Å². The van der Waals surface area contributed by atoms with E-state index in [2.05, 4.69) is 5.32 Å². The van der Waals surface area contributed by atoms with E-state index in [4.69, 9.17) is 14.8 Å². The van der Waals surface area contributed by atoms with Gasteiger partial charge in [0.1, 0.15) is 4.87 Å². The zero-order chi connectivity index (χ0) is 13.2. The summed E-state index contributed by atoms with van der Waals surface area (Å²) in [5.41, 5.74) is 5.22. The topological polar surface area (TPSA) is 147 Å². The molecule has 0 bridgehead atoms. The lowest BCUT2D eigenvalue weighted by molar-refractivity contribution is 0.376. The summed E-state index contributed by atoms with van der Waals surface area (Å²) in [5, 5.41) is 2.34. The molecule has 10 heteroatoms. The van der Waals surface area contributed by atoms with Crippen LogP contribution in [0.5, 0.6) is 0 Å². The molecular formula is C6H16N2O6S2. The summed E-state index contributed by atoms with van der Waals surface area (Å²) in [5.74, 6) is -0.734. The molecule has 0 aliphatic rings. The number of nitrogens with one attached hydrogen (secondary N) is 1. The number of hydrogen-bond acceptors (Lipinski definition) is 6. The minimum atomic E-state index is -4.41. The molecule has 0 fully saturated rings. The molecule has 0 rings (SSSR count). The molecule has 16 heavy (non-hydrogen) atoms. The Labute approximate surface area is 94.7 Å². The van der Waals surface area contributed by atoms with Crippen molar-refractivity contribution < 1.29 is 25.9 Å². The third-order valence-electron chi connectivity index (χ3n) is 1.89. The smallest absolute Gasteiger partial charge is 0.283 e. The first-order valence-corrected chi connectivity index (χ1v) is 7.34. The van der Waals surface area contributed by atoms with Crippen molar-refractivity contribution >= 4 is 20.2 Å². The van der Waals surface area contributed by atoms with Crippen LogP contribution in [0.3, 0.4) is 0 Å². The quantitative estimate of drug-likeness (QED) is 0.425. The molecular weight excluding hydrogens is 260 g/mol. The molecule has 0 aliphatic carbocycles. The van der Waals surface area contributed by atoms with Crippen molar-refractivity contribution in [3.8, 4) is 0 Å². The highest BCUT2D eigenvalue weighted by Gasteiger charge is 2.35. The average molecular weight is 276 g/mol. The summed E-state index contributed by atoms with van der Waals surface area (Å²) < 4.78 is 60.4. The molecule has 0 spiro atoms. The van der Waals surface area contributed by atoms with Crippen LogP contribution in [0.1, 0.15) is 13.8 Å². The predicted molar refractivity (Wildman–Crippen MR) is 58.0 cm³/mol. The van der Waals surface area contributed by atoms with Crippen molar-refractivity contribution in [2.45, 2.75) is 24.8 Å². The zero-order valence-corrected chi connectivity index (χ0v) is 10.5. The first-order chi connectivity index (χ1) is 6.89. The van der Waals surface area contributed by atoms with Gasteiger partial charge in [0.25, 0.3) is 20.2 Å². The van der Waals surface area contributed by atoms with Gasteiger partial charge in [-0.05, 0) is 13.8 Å². The Morgan fingerprint density at radius 2 is 1.69 bits per heavy atom. The fraction of sp³-hybridized carbons (Fsp3) is 1.00. The molecule has 0 radical (unpaired) electrons. The largest absolute Gasteiger partial charge is 0.329 e. The van der Waals surface area contributed by atoms with Gasteiger partial charge in [0, 0.05) is 12.6 Å². The number of nitrogens with two attached hydrogens (primary N) is 1. The highest BCUT2D eigenvalue weighted by molar-refractivity contribution is 7.87. The van der Waals surface area contributed by atoms with E-state index in [1.54, 1.807) is 0 Å². The molecule has 0 amide bonds. The molecule has 1 atom stereocenters. The van der Waals surface area contributed by atoms with Crippen LogP contribution in [0, 0.1) is 0 Å². The van der Waals surface area contributed by atoms with E-state index in [-0.39, 0.29) is 6.54 Å². The SMILES string of the molecule is CC(C)(NC(CN)CS(=O)(=O)O)S(=O)(=O)O. The van der Waals surface area contributed by atoms with Crippen LogP contribution < -0.4 is 11.1 Å². The van der Waals surface area contributed by atoms with Crippen molar-refractivity contribution in [3.63, 3.8) is 0 Å². The highest BCUT2D eigenvalue weighted by atomic mass is 32.2. The molecule has 98 valence electrons. The molecule has 0 aromatic carbocycles. The summed E-state index contributed by atoms with van der Waals surface area (Å²) in [6.45, 7) is 2.09. The Morgan fingerprint density at radius 1 is 1.25 bits per heavy atom. The van der Waals surface area contributed by atoms with Crippen LogP contribution in [0.25, 0.3) is 0 Å². The number of hydrogen-bond donors (Lipinski definition) is 4. The van der Waals surface area contributed by atoms with Crippen molar-refractivity contribution in [3.05, 3.63) is 0 Å². The Morgan fingerprint density at radius 3 is 1.94 bits per heavy atom. The lowest BCUT2D eigenvalue weighted by atomic mass is 10.3. The lowest BCUT2D eigenvalue weighted by Gasteiger charge is -2.27. The van der Waals surface area contributed by atoms with Gasteiger partial charge in [-0.15, -0.1) is 0 Å². The third kappa shape index (κ3) is 5.18. The Kier molecular flexibility index (Phi) is 4.86. The molecule has 0 saturated heterocycles. The fourth-order valence-electron chi connectivity index (χ4n) is 0.989. The van der Waals surface area contributed by atoms with Crippen LogP contribution in [0.15, 0.2) is 0 Å². The fourth-order valence-corrected chi connectivity index (χ4v) is 2.03. The Bertz CT molecular complexity index is 426. The summed E-state index contributed by atoms with van der Waals surface area (Å²) in [7, 11) is -8.68. The first kappa shape index (κ1) is 15.7. The first-order valence-electron chi connectivity index (χ1n) is 4.29. The summed E-state index contributed by atoms with van der Waals surface area (Å²) >= 11 is 0. The molecule has 8 nitrogen and oxygen atoms in total. The maximum atomic E-state index is 10.9. The van der Waals surface area contributed by atoms with Crippen LogP contribution in [-0.2, 0) is 20.2 Å². The van der Waals surface area contributed by atoms with E-state index in [0.717, 1.165) is 13.8 Å². The maximum Gasteiger partial charge on any atom is 0.283 e. The average Bonchev–Trinajstić information content (AvgIpc) is 1.97. The van der Waals surface area contributed by atoms with Gasteiger partial charge in [-0.2, -0.15) is 16.8 Å². The van der Waals surface area contributed by atoms with Crippen LogP contribution in [0.2, 0.25) is 0 Å². The van der Waals surface area contributed by atoms with E-state index < -0.39 is 36.9 Å². The van der Waals surface area contributed by atoms with Crippen LogP contribution in [-0.4, -0.2) is 49.2 Å². The highest BCUT2D eigenvalue weighted by Crippen LogP contribution is 2.11. The van der Waals surface area contributed by atoms with Crippen molar-refractivity contribution in [2.75, 3.05) is 12.3 Å². The lowest BCUT2D eigenvalue weighted by Crippen LogP contribution is -2.55. The van der Waals surface area contributed by atoms with Gasteiger partial charge in [0.15, 0.2) is 0 Å². The van der Waals surface area contributed by atoms with E-state index >= 15 is 0 Å². The molecule has 0 heterocycles. The summed E-state index contributed by atoms with van der Waals surface area (Å²) in [6, 6.07) is -0.980. The van der Waals surface area contributed by atoms with Crippen molar-refractivity contribution in [1.29, 1.82) is 0 Å². The second-order valence-electron chi connectivity index (χ2n) is 3.81. The van der Waals surface area contributed by atoms with Gasteiger partial charge in [0.2, 0.25) is 0 Å². The maximum absolute atomic E-state index is 10.9. The van der Waals surface area contributed by atoms with Crippen LogP contribution in [0.4, 0.5) is 0 Å². The second kappa shape index (κ2) is 4.94. The monoisotopic (exact) mass is 276 g/mol. The normalized spacial score (nSPS) is 16.1. The van der Waals surface area contributed by atoms with E-state index in [1.807, 2.05) is 0 Å². The standard InChI is InChI=1S/C6H16N2O6S2/c1-6(2,16(12,13)14)8-5(3-7)4-15(9,10)11/h5,8H,3-4,7H2,1-2H3,(H,9,10,11)(H,12,13,14). The van der Waals surface area contributed by atoms with Gasteiger partial charge in [-0.3, -0.25) is 14.4 Å². The molecule has 0 aromatic heterocycles. The molecule has 1 unspecified atom stereocenters. The predicted octanol–water partition coefficient (Wildman–Crippen LogP) is -1.58. The zero-order valence-electron chi connectivity index (χ0n) is 8.91. The van der Waals surface area contributed by atoms with E-state index in [9.17, 15) is 16.8 Å². The number of rotatable bonds is 6. The van der Waals surface area contributed by atoms with Crippen molar-refractivity contribution in [2.24, 2.45) is 5.73 Å². The van der Waals surface area contributed by atoms with Gasteiger partial charge >= 0.3 is 0 Å².